The normalized spacial score (nSPS) is 30.3. The van der Waals surface area contributed by atoms with E-state index in [-0.39, 0.29) is 0 Å². The highest BCUT2D eigenvalue weighted by Gasteiger charge is 2.17. The van der Waals surface area contributed by atoms with Gasteiger partial charge in [-0.2, -0.15) is 0 Å². The first-order chi connectivity index (χ1) is 7.27. The third kappa shape index (κ3) is 2.50. The number of hydrogen-bond donors (Lipinski definition) is 0. The molecule has 0 aromatic carbocycles. The molecule has 0 unspecified atom stereocenters. The Balaban J connectivity index is 2.00. The summed E-state index contributed by atoms with van der Waals surface area (Å²) in [5.41, 5.74) is 0. The van der Waals surface area contributed by atoms with Gasteiger partial charge in [-0.05, 0) is 18.3 Å². The molecule has 0 amide bonds. The minimum Gasteiger partial charge on any atom is -0.0841 e. The molecular formula is C15H20. The molecule has 0 heteroatoms. The van der Waals surface area contributed by atoms with Gasteiger partial charge in [0.05, 0.1) is 0 Å². The minimum atomic E-state index is 0.577. The Morgan fingerprint density at radius 2 is 1.33 bits per heavy atom. The zero-order valence-electron chi connectivity index (χ0n) is 9.64. The maximum atomic E-state index is 2.37. The van der Waals surface area contributed by atoms with Crippen LogP contribution in [0, 0.1) is 23.7 Å². The van der Waals surface area contributed by atoms with E-state index >= 15 is 0 Å². The summed E-state index contributed by atoms with van der Waals surface area (Å²) in [6.07, 6.45) is 19.8. The summed E-state index contributed by atoms with van der Waals surface area (Å²) in [6, 6.07) is 0. The van der Waals surface area contributed by atoms with E-state index in [4.69, 9.17) is 0 Å². The smallest absolute Gasteiger partial charge is 0.00445 e. The monoisotopic (exact) mass is 200 g/mol. The highest BCUT2D eigenvalue weighted by atomic mass is 14.2. The van der Waals surface area contributed by atoms with Crippen LogP contribution in [-0.4, -0.2) is 0 Å². The molecule has 0 saturated heterocycles. The van der Waals surface area contributed by atoms with E-state index in [9.17, 15) is 0 Å². The van der Waals surface area contributed by atoms with Crippen molar-refractivity contribution >= 4 is 0 Å². The molecule has 0 N–H and O–H groups in total. The number of rotatable bonds is 2. The Morgan fingerprint density at radius 1 is 0.800 bits per heavy atom. The number of allylic oxidation sites excluding steroid dienone is 8. The second kappa shape index (κ2) is 4.65. The summed E-state index contributed by atoms with van der Waals surface area (Å²) >= 11 is 0. The lowest BCUT2D eigenvalue weighted by Gasteiger charge is -2.23. The largest absolute Gasteiger partial charge is 0.0841 e. The fraction of sp³-hybridized carbons (Fsp3) is 0.467. The van der Waals surface area contributed by atoms with Gasteiger partial charge in [-0.1, -0.05) is 62.5 Å². The van der Waals surface area contributed by atoms with Crippen molar-refractivity contribution < 1.29 is 0 Å². The summed E-state index contributed by atoms with van der Waals surface area (Å²) in [5, 5.41) is 0. The maximum absolute atomic E-state index is 2.37. The average Bonchev–Trinajstić information content (AvgIpc) is 2.30. The first-order valence-electron chi connectivity index (χ1n) is 5.97. The predicted molar refractivity (Wildman–Crippen MR) is 66.5 cm³/mol. The summed E-state index contributed by atoms with van der Waals surface area (Å²) < 4.78 is 0. The third-order valence-electron chi connectivity index (χ3n) is 3.31. The highest BCUT2D eigenvalue weighted by Crippen LogP contribution is 2.28. The van der Waals surface area contributed by atoms with Gasteiger partial charge in [0.1, 0.15) is 0 Å². The average molecular weight is 200 g/mol. The van der Waals surface area contributed by atoms with Gasteiger partial charge in [-0.25, -0.2) is 0 Å². The summed E-state index contributed by atoms with van der Waals surface area (Å²) in [7, 11) is 0. The molecule has 2 aliphatic carbocycles. The van der Waals surface area contributed by atoms with Crippen LogP contribution < -0.4 is 0 Å². The summed E-state index contributed by atoms with van der Waals surface area (Å²) in [4.78, 5) is 0. The standard InChI is InChI=1S/C15H20/c1-12(2)13-8-10-15(11-9-13)14-6-4-3-5-7-14/h4-15H,3H2,1-2H3. The van der Waals surface area contributed by atoms with Crippen LogP contribution in [0.25, 0.3) is 0 Å². The zero-order chi connectivity index (χ0) is 10.7. The van der Waals surface area contributed by atoms with Crippen molar-refractivity contribution in [2.75, 3.05) is 0 Å². The van der Waals surface area contributed by atoms with Gasteiger partial charge in [-0.15, -0.1) is 0 Å². The van der Waals surface area contributed by atoms with E-state index in [0.29, 0.717) is 17.8 Å². The lowest BCUT2D eigenvalue weighted by molar-refractivity contribution is 0.527. The van der Waals surface area contributed by atoms with Gasteiger partial charge >= 0.3 is 0 Å². The van der Waals surface area contributed by atoms with E-state index in [1.165, 1.54) is 0 Å². The molecule has 2 rings (SSSR count). The molecule has 0 saturated carbocycles. The fourth-order valence-electron chi connectivity index (χ4n) is 2.21. The van der Waals surface area contributed by atoms with Crippen molar-refractivity contribution in [2.24, 2.45) is 23.7 Å². The Hall–Kier alpha value is -1.04. The lowest BCUT2D eigenvalue weighted by Crippen LogP contribution is -2.13. The van der Waals surface area contributed by atoms with Crippen molar-refractivity contribution in [1.29, 1.82) is 0 Å². The Labute approximate surface area is 93.1 Å². The van der Waals surface area contributed by atoms with Crippen LogP contribution in [0.4, 0.5) is 0 Å². The molecule has 0 aromatic rings. The van der Waals surface area contributed by atoms with E-state index in [1.54, 1.807) is 0 Å². The van der Waals surface area contributed by atoms with E-state index in [2.05, 4.69) is 62.5 Å². The molecule has 15 heavy (non-hydrogen) atoms. The molecular weight excluding hydrogens is 180 g/mol. The molecule has 80 valence electrons. The van der Waals surface area contributed by atoms with Crippen molar-refractivity contribution in [2.45, 2.75) is 20.3 Å². The Morgan fingerprint density at radius 3 is 1.87 bits per heavy atom. The molecule has 0 atom stereocenters. The van der Waals surface area contributed by atoms with Gasteiger partial charge in [0.15, 0.2) is 0 Å². The molecule has 0 spiro atoms. The van der Waals surface area contributed by atoms with Crippen LogP contribution in [0.3, 0.4) is 0 Å². The summed E-state index contributed by atoms with van der Waals surface area (Å²) in [6.45, 7) is 4.56. The first-order valence-corrected chi connectivity index (χ1v) is 5.97. The zero-order valence-corrected chi connectivity index (χ0v) is 9.64. The van der Waals surface area contributed by atoms with E-state index < -0.39 is 0 Å². The van der Waals surface area contributed by atoms with Crippen molar-refractivity contribution in [1.82, 2.24) is 0 Å². The topological polar surface area (TPSA) is 0 Å². The lowest BCUT2D eigenvalue weighted by atomic mass is 9.82. The first kappa shape index (κ1) is 10.5. The van der Waals surface area contributed by atoms with Gasteiger partial charge in [0, 0.05) is 11.8 Å². The molecule has 2 aliphatic rings. The van der Waals surface area contributed by atoms with Crippen molar-refractivity contribution in [3.05, 3.63) is 48.6 Å². The van der Waals surface area contributed by atoms with E-state index in [1.807, 2.05) is 0 Å². The van der Waals surface area contributed by atoms with Crippen LogP contribution in [0.5, 0.6) is 0 Å². The van der Waals surface area contributed by atoms with Crippen LogP contribution >= 0.6 is 0 Å². The van der Waals surface area contributed by atoms with Crippen molar-refractivity contribution in [3.8, 4) is 0 Å². The second-order valence-electron chi connectivity index (χ2n) is 4.84. The Kier molecular flexibility index (Phi) is 3.25. The van der Waals surface area contributed by atoms with Crippen LogP contribution in [-0.2, 0) is 0 Å². The third-order valence-corrected chi connectivity index (χ3v) is 3.31. The highest BCUT2D eigenvalue weighted by molar-refractivity contribution is 5.22. The van der Waals surface area contributed by atoms with E-state index in [0.717, 1.165) is 12.3 Å². The molecule has 0 nitrogen and oxygen atoms in total. The predicted octanol–water partition coefficient (Wildman–Crippen LogP) is 4.13. The quantitative estimate of drug-likeness (QED) is 0.588. The molecule has 0 radical (unpaired) electrons. The van der Waals surface area contributed by atoms with Crippen LogP contribution in [0.15, 0.2) is 48.6 Å². The second-order valence-corrected chi connectivity index (χ2v) is 4.84. The van der Waals surface area contributed by atoms with Gasteiger partial charge in [0.25, 0.3) is 0 Å². The van der Waals surface area contributed by atoms with Gasteiger partial charge in [-0.3, -0.25) is 0 Å². The van der Waals surface area contributed by atoms with Crippen LogP contribution in [0.2, 0.25) is 0 Å². The summed E-state index contributed by atoms with van der Waals surface area (Å²) in [5.74, 6) is 2.51. The SMILES string of the molecule is CC(C)C1C=CC(C2C=CCC=C2)C=C1. The van der Waals surface area contributed by atoms with Gasteiger partial charge in [0.2, 0.25) is 0 Å². The minimum absolute atomic E-state index is 0.577. The van der Waals surface area contributed by atoms with Crippen LogP contribution in [0.1, 0.15) is 20.3 Å². The molecule has 0 heterocycles. The Bertz CT molecular complexity index is 289. The number of hydrogen-bond acceptors (Lipinski definition) is 0. The molecule has 0 bridgehead atoms. The maximum Gasteiger partial charge on any atom is 0.00445 e. The molecule has 0 aliphatic heterocycles. The molecule has 0 fully saturated rings. The van der Waals surface area contributed by atoms with Gasteiger partial charge < -0.3 is 0 Å². The van der Waals surface area contributed by atoms with Crippen molar-refractivity contribution in [3.63, 3.8) is 0 Å². The molecule has 0 aromatic heterocycles. The fourth-order valence-corrected chi connectivity index (χ4v) is 2.21.